The Morgan fingerprint density at radius 2 is 1.90 bits per heavy atom. The minimum atomic E-state index is -0.460. The number of nitrogens with two attached hydrogens (primary N) is 1. The van der Waals surface area contributed by atoms with Crippen molar-refractivity contribution in [2.45, 2.75) is 0 Å². The van der Waals surface area contributed by atoms with Gasteiger partial charge in [-0.3, -0.25) is 4.79 Å². The van der Waals surface area contributed by atoms with Crippen molar-refractivity contribution in [3.63, 3.8) is 0 Å². The monoisotopic (exact) mass is 288 g/mol. The summed E-state index contributed by atoms with van der Waals surface area (Å²) in [5.41, 5.74) is 6.81. The molecule has 4 N–H and O–H groups in total. The number of hydrogen-bond donors (Lipinski definition) is 3. The SMILES string of the molecule is COc1ccc(O)c(C(=O)Nc2ccc(N)c(OC)c2)c1. The average Bonchev–Trinajstić information content (AvgIpc) is 2.49. The topological polar surface area (TPSA) is 93.8 Å². The maximum atomic E-state index is 12.2. The van der Waals surface area contributed by atoms with Crippen molar-refractivity contribution in [1.82, 2.24) is 0 Å². The van der Waals surface area contributed by atoms with Gasteiger partial charge in [-0.1, -0.05) is 0 Å². The second kappa shape index (κ2) is 6.04. The molecule has 0 radical (unpaired) electrons. The molecule has 0 bridgehead atoms. The first-order valence-electron chi connectivity index (χ1n) is 6.17. The van der Waals surface area contributed by atoms with Gasteiger partial charge < -0.3 is 25.6 Å². The molecular formula is C15H16N2O4. The third kappa shape index (κ3) is 3.17. The normalized spacial score (nSPS) is 10.0. The van der Waals surface area contributed by atoms with E-state index in [9.17, 15) is 9.90 Å². The Morgan fingerprint density at radius 3 is 2.57 bits per heavy atom. The van der Waals surface area contributed by atoms with Gasteiger partial charge in [0.25, 0.3) is 5.91 Å². The van der Waals surface area contributed by atoms with Crippen molar-refractivity contribution < 1.29 is 19.4 Å². The van der Waals surface area contributed by atoms with Crippen molar-refractivity contribution >= 4 is 17.3 Å². The summed E-state index contributed by atoms with van der Waals surface area (Å²) in [6.07, 6.45) is 0. The summed E-state index contributed by atoms with van der Waals surface area (Å²) in [6.45, 7) is 0. The number of carbonyl (C=O) groups excluding carboxylic acids is 1. The fraction of sp³-hybridized carbons (Fsp3) is 0.133. The maximum absolute atomic E-state index is 12.2. The van der Waals surface area contributed by atoms with E-state index >= 15 is 0 Å². The molecule has 0 unspecified atom stereocenters. The van der Waals surface area contributed by atoms with Gasteiger partial charge in [0.2, 0.25) is 0 Å². The van der Waals surface area contributed by atoms with E-state index in [4.69, 9.17) is 15.2 Å². The van der Waals surface area contributed by atoms with Gasteiger partial charge in [-0.2, -0.15) is 0 Å². The van der Waals surface area contributed by atoms with Gasteiger partial charge in [0.15, 0.2) is 0 Å². The molecule has 21 heavy (non-hydrogen) atoms. The first-order valence-corrected chi connectivity index (χ1v) is 6.17. The fourth-order valence-corrected chi connectivity index (χ4v) is 1.81. The van der Waals surface area contributed by atoms with Crippen molar-refractivity contribution in [3.8, 4) is 17.2 Å². The molecule has 0 heterocycles. The van der Waals surface area contributed by atoms with E-state index in [0.29, 0.717) is 22.9 Å². The molecule has 0 atom stereocenters. The lowest BCUT2D eigenvalue weighted by atomic mass is 10.1. The molecule has 0 fully saturated rings. The highest BCUT2D eigenvalue weighted by Crippen LogP contribution is 2.27. The lowest BCUT2D eigenvalue weighted by Gasteiger charge is -2.10. The van der Waals surface area contributed by atoms with Crippen LogP contribution in [0.3, 0.4) is 0 Å². The van der Waals surface area contributed by atoms with E-state index < -0.39 is 5.91 Å². The molecule has 0 aliphatic rings. The number of nitrogens with one attached hydrogen (secondary N) is 1. The summed E-state index contributed by atoms with van der Waals surface area (Å²) < 4.78 is 10.1. The Hall–Kier alpha value is -2.89. The van der Waals surface area contributed by atoms with Crippen LogP contribution < -0.4 is 20.5 Å². The van der Waals surface area contributed by atoms with E-state index in [1.165, 1.54) is 26.4 Å². The zero-order chi connectivity index (χ0) is 15.4. The predicted octanol–water partition coefficient (Wildman–Crippen LogP) is 2.24. The largest absolute Gasteiger partial charge is 0.507 e. The Kier molecular flexibility index (Phi) is 4.18. The summed E-state index contributed by atoms with van der Waals surface area (Å²) in [5.74, 6) is 0.351. The highest BCUT2D eigenvalue weighted by molar-refractivity contribution is 6.06. The minimum absolute atomic E-state index is 0.116. The molecule has 1 amide bonds. The molecule has 110 valence electrons. The second-order valence-electron chi connectivity index (χ2n) is 4.29. The highest BCUT2D eigenvalue weighted by atomic mass is 16.5. The first-order chi connectivity index (χ1) is 10.0. The summed E-state index contributed by atoms with van der Waals surface area (Å²) >= 11 is 0. The number of amides is 1. The number of phenols is 1. The molecule has 0 saturated heterocycles. The van der Waals surface area contributed by atoms with Gasteiger partial charge in [-0.05, 0) is 30.3 Å². The summed E-state index contributed by atoms with van der Waals surface area (Å²) in [7, 11) is 2.98. The van der Waals surface area contributed by atoms with Crippen LogP contribution in [-0.2, 0) is 0 Å². The maximum Gasteiger partial charge on any atom is 0.259 e. The van der Waals surface area contributed by atoms with Crippen molar-refractivity contribution in [3.05, 3.63) is 42.0 Å². The van der Waals surface area contributed by atoms with Crippen molar-refractivity contribution in [1.29, 1.82) is 0 Å². The smallest absolute Gasteiger partial charge is 0.259 e. The number of hydrogen-bond acceptors (Lipinski definition) is 5. The van der Waals surface area contributed by atoms with Crippen LogP contribution in [0.5, 0.6) is 17.2 Å². The van der Waals surface area contributed by atoms with E-state index in [1.54, 1.807) is 24.3 Å². The molecule has 0 saturated carbocycles. The third-order valence-corrected chi connectivity index (χ3v) is 2.94. The van der Waals surface area contributed by atoms with Crippen molar-refractivity contribution in [2.75, 3.05) is 25.3 Å². The van der Waals surface area contributed by atoms with Crippen LogP contribution in [0.15, 0.2) is 36.4 Å². The zero-order valence-corrected chi connectivity index (χ0v) is 11.7. The van der Waals surface area contributed by atoms with Crippen LogP contribution in [0.2, 0.25) is 0 Å². The minimum Gasteiger partial charge on any atom is -0.507 e. The number of ether oxygens (including phenoxy) is 2. The number of rotatable bonds is 4. The Bertz CT molecular complexity index is 671. The van der Waals surface area contributed by atoms with Crippen LogP contribution in [-0.4, -0.2) is 25.2 Å². The Morgan fingerprint density at radius 1 is 1.14 bits per heavy atom. The predicted molar refractivity (Wildman–Crippen MR) is 80.0 cm³/mol. The standard InChI is InChI=1S/C15H16N2O4/c1-20-10-4-6-13(18)11(8-10)15(19)17-9-3-5-12(16)14(7-9)21-2/h3-8,18H,16H2,1-2H3,(H,17,19). The number of nitrogen functional groups attached to an aromatic ring is 1. The highest BCUT2D eigenvalue weighted by Gasteiger charge is 2.13. The number of carbonyl (C=O) groups is 1. The van der Waals surface area contributed by atoms with Crippen LogP contribution >= 0.6 is 0 Å². The van der Waals surface area contributed by atoms with Gasteiger partial charge in [0.1, 0.15) is 17.2 Å². The van der Waals surface area contributed by atoms with Gasteiger partial charge in [0.05, 0.1) is 25.5 Å². The molecule has 0 aliphatic heterocycles. The van der Waals surface area contributed by atoms with E-state index in [0.717, 1.165) is 0 Å². The molecular weight excluding hydrogens is 272 g/mol. The molecule has 6 heteroatoms. The van der Waals surface area contributed by atoms with E-state index in [1.807, 2.05) is 0 Å². The number of methoxy groups -OCH3 is 2. The summed E-state index contributed by atoms with van der Waals surface area (Å²) in [5, 5.41) is 12.4. The number of phenolic OH excluding ortho intramolecular Hbond substituents is 1. The van der Waals surface area contributed by atoms with E-state index in [-0.39, 0.29) is 11.3 Å². The van der Waals surface area contributed by atoms with Crippen LogP contribution in [0, 0.1) is 0 Å². The average molecular weight is 288 g/mol. The number of benzene rings is 2. The lowest BCUT2D eigenvalue weighted by molar-refractivity contribution is 0.102. The molecule has 0 spiro atoms. The first kappa shape index (κ1) is 14.5. The van der Waals surface area contributed by atoms with Crippen LogP contribution in [0.1, 0.15) is 10.4 Å². The Labute approximate surface area is 122 Å². The second-order valence-corrected chi connectivity index (χ2v) is 4.29. The molecule has 6 nitrogen and oxygen atoms in total. The van der Waals surface area contributed by atoms with E-state index in [2.05, 4.69) is 5.32 Å². The number of aromatic hydroxyl groups is 1. The van der Waals surface area contributed by atoms with Crippen LogP contribution in [0.25, 0.3) is 0 Å². The van der Waals surface area contributed by atoms with Gasteiger partial charge in [-0.25, -0.2) is 0 Å². The molecule has 2 rings (SSSR count). The number of anilines is 2. The van der Waals surface area contributed by atoms with Crippen molar-refractivity contribution in [2.24, 2.45) is 0 Å². The van der Waals surface area contributed by atoms with Gasteiger partial charge in [-0.15, -0.1) is 0 Å². The fourth-order valence-electron chi connectivity index (χ4n) is 1.81. The van der Waals surface area contributed by atoms with Gasteiger partial charge in [0, 0.05) is 11.8 Å². The Balaban J connectivity index is 2.25. The molecule has 2 aromatic carbocycles. The molecule has 0 aliphatic carbocycles. The summed E-state index contributed by atoms with van der Waals surface area (Å²) in [4.78, 5) is 12.2. The third-order valence-electron chi connectivity index (χ3n) is 2.94. The molecule has 2 aromatic rings. The summed E-state index contributed by atoms with van der Waals surface area (Å²) in [6, 6.07) is 9.30. The molecule has 0 aromatic heterocycles. The quantitative estimate of drug-likeness (QED) is 0.750. The van der Waals surface area contributed by atoms with Gasteiger partial charge >= 0.3 is 0 Å². The van der Waals surface area contributed by atoms with Crippen LogP contribution in [0.4, 0.5) is 11.4 Å². The zero-order valence-electron chi connectivity index (χ0n) is 11.7. The lowest BCUT2D eigenvalue weighted by Crippen LogP contribution is -2.12.